The van der Waals surface area contributed by atoms with Gasteiger partial charge in [-0.15, -0.1) is 0 Å². The molecule has 34 heavy (non-hydrogen) atoms. The van der Waals surface area contributed by atoms with E-state index in [2.05, 4.69) is 10.3 Å². The van der Waals surface area contributed by atoms with E-state index in [0.717, 1.165) is 0 Å². The van der Waals surface area contributed by atoms with Gasteiger partial charge in [-0.25, -0.2) is 0 Å². The fraction of sp³-hybridized carbons (Fsp3) is 0.727. The minimum absolute atomic E-state index is 0.0528. The molecule has 0 radical (unpaired) electrons. The Morgan fingerprint density at radius 1 is 0.559 bits per heavy atom. The van der Waals surface area contributed by atoms with Crippen molar-refractivity contribution >= 4 is 35.3 Å². The molecule has 0 heterocycles. The average molecular weight is 482 g/mol. The molecule has 8 atom stereocenters. The minimum atomic E-state index is -1.07. The topological polar surface area (TPSA) is 170 Å². The molecule has 0 bridgehead atoms. The summed E-state index contributed by atoms with van der Waals surface area (Å²) >= 11 is 0. The second kappa shape index (κ2) is 10.4. The van der Waals surface area contributed by atoms with Crippen molar-refractivity contribution in [2.45, 2.75) is 27.7 Å². The van der Waals surface area contributed by atoms with Gasteiger partial charge in [-0.1, -0.05) is 10.3 Å². The Kier molecular flexibility index (Phi) is 7.78. The van der Waals surface area contributed by atoms with Crippen LogP contribution in [0, 0.1) is 47.3 Å². The monoisotopic (exact) mass is 482 g/mol. The SMILES string of the molecule is CCOC(=O)[C@@H]1[C@H](C(=O)OCC)[C@H]2C(=NO)[C@H]3[C@H](C(=O)OCC)[C@H](C(=O)OCC)[C@@H]3C(=NO)[C@H]12. The van der Waals surface area contributed by atoms with Crippen LogP contribution in [0.5, 0.6) is 0 Å². The smallest absolute Gasteiger partial charge is 0.310 e. The maximum atomic E-state index is 12.8. The van der Waals surface area contributed by atoms with Crippen molar-refractivity contribution in [2.24, 2.45) is 57.7 Å². The molecule has 2 N–H and O–H groups in total. The van der Waals surface area contributed by atoms with Crippen LogP contribution in [-0.2, 0) is 38.1 Å². The zero-order chi connectivity index (χ0) is 25.2. The van der Waals surface area contributed by atoms with Crippen LogP contribution in [0.3, 0.4) is 0 Å². The van der Waals surface area contributed by atoms with Crippen LogP contribution < -0.4 is 0 Å². The zero-order valence-electron chi connectivity index (χ0n) is 19.5. The number of carbonyl (C=O) groups is 4. The van der Waals surface area contributed by atoms with Crippen LogP contribution in [0.15, 0.2) is 10.3 Å². The highest BCUT2D eigenvalue weighted by Gasteiger charge is 2.74. The van der Waals surface area contributed by atoms with Gasteiger partial charge in [-0.2, -0.15) is 0 Å². The van der Waals surface area contributed by atoms with E-state index in [1.54, 1.807) is 27.7 Å². The zero-order valence-corrected chi connectivity index (χ0v) is 19.5. The van der Waals surface area contributed by atoms with Gasteiger partial charge in [0.1, 0.15) is 0 Å². The summed E-state index contributed by atoms with van der Waals surface area (Å²) in [4.78, 5) is 51.2. The Labute approximate surface area is 196 Å². The summed E-state index contributed by atoms with van der Waals surface area (Å²) in [6, 6.07) is 0. The third kappa shape index (κ3) is 3.78. The van der Waals surface area contributed by atoms with Crippen molar-refractivity contribution in [3.8, 4) is 0 Å². The first-order valence-corrected chi connectivity index (χ1v) is 11.4. The number of carbonyl (C=O) groups excluding carboxylic acids is 4. The number of hydrogen-bond acceptors (Lipinski definition) is 12. The summed E-state index contributed by atoms with van der Waals surface area (Å²) < 4.78 is 20.6. The molecule has 0 spiro atoms. The molecule has 0 amide bonds. The van der Waals surface area contributed by atoms with E-state index < -0.39 is 71.2 Å². The minimum Gasteiger partial charge on any atom is -0.466 e. The highest BCUT2D eigenvalue weighted by atomic mass is 16.5. The molecule has 3 aliphatic carbocycles. The predicted octanol–water partition coefficient (Wildman–Crippen LogP) is 0.870. The molecular formula is C22H30N2O10. The molecule has 3 fully saturated rings. The molecule has 0 aromatic carbocycles. The van der Waals surface area contributed by atoms with Crippen LogP contribution >= 0.6 is 0 Å². The van der Waals surface area contributed by atoms with E-state index in [1.807, 2.05) is 0 Å². The van der Waals surface area contributed by atoms with Crippen LogP contribution in [0.25, 0.3) is 0 Å². The lowest BCUT2D eigenvalue weighted by Crippen LogP contribution is -2.73. The number of ether oxygens (including phenoxy) is 4. The molecule has 12 heteroatoms. The Bertz CT molecular complexity index is 764. The number of nitrogens with zero attached hydrogens (tertiary/aromatic N) is 2. The summed E-state index contributed by atoms with van der Waals surface area (Å²) in [5.41, 5.74) is 0.110. The normalized spacial score (nSPS) is 35.8. The maximum absolute atomic E-state index is 12.8. The molecule has 0 aromatic heterocycles. The first kappa shape index (κ1) is 25.4. The van der Waals surface area contributed by atoms with Gasteiger partial charge in [0.25, 0.3) is 0 Å². The van der Waals surface area contributed by atoms with Gasteiger partial charge in [-0.3, -0.25) is 19.2 Å². The molecule has 3 saturated carbocycles. The van der Waals surface area contributed by atoms with Gasteiger partial charge in [0.2, 0.25) is 0 Å². The first-order valence-electron chi connectivity index (χ1n) is 11.4. The summed E-state index contributed by atoms with van der Waals surface area (Å²) in [6.07, 6.45) is 0. The molecule has 0 aliphatic heterocycles. The highest BCUT2D eigenvalue weighted by Crippen LogP contribution is 2.62. The van der Waals surface area contributed by atoms with Gasteiger partial charge >= 0.3 is 23.9 Å². The van der Waals surface area contributed by atoms with Crippen LogP contribution in [0.2, 0.25) is 0 Å². The van der Waals surface area contributed by atoms with Gasteiger partial charge < -0.3 is 29.4 Å². The third-order valence-electron chi connectivity index (χ3n) is 6.93. The Hall–Kier alpha value is -3.18. The lowest BCUT2D eigenvalue weighted by molar-refractivity contribution is -0.181. The lowest BCUT2D eigenvalue weighted by Gasteiger charge is -2.61. The molecule has 3 rings (SSSR count). The van der Waals surface area contributed by atoms with E-state index >= 15 is 0 Å². The molecular weight excluding hydrogens is 452 g/mol. The van der Waals surface area contributed by atoms with Crippen molar-refractivity contribution in [2.75, 3.05) is 26.4 Å². The van der Waals surface area contributed by atoms with Crippen LogP contribution in [0.1, 0.15) is 27.7 Å². The summed E-state index contributed by atoms with van der Waals surface area (Å²) in [6.45, 7) is 6.65. The molecule has 0 saturated heterocycles. The largest absolute Gasteiger partial charge is 0.466 e. The van der Waals surface area contributed by atoms with Crippen molar-refractivity contribution < 1.29 is 48.5 Å². The van der Waals surface area contributed by atoms with Gasteiger partial charge in [-0.05, 0) is 27.7 Å². The van der Waals surface area contributed by atoms with Crippen LogP contribution in [0.4, 0.5) is 0 Å². The molecule has 12 nitrogen and oxygen atoms in total. The van der Waals surface area contributed by atoms with Crippen molar-refractivity contribution in [1.82, 2.24) is 0 Å². The van der Waals surface area contributed by atoms with E-state index in [0.29, 0.717) is 0 Å². The fourth-order valence-corrected chi connectivity index (χ4v) is 5.81. The van der Waals surface area contributed by atoms with Crippen molar-refractivity contribution in [3.05, 3.63) is 0 Å². The Balaban J connectivity index is 2.10. The molecule has 3 aliphatic rings. The van der Waals surface area contributed by atoms with Crippen LogP contribution in [-0.4, -0.2) is 72.1 Å². The second-order valence-corrected chi connectivity index (χ2v) is 8.26. The third-order valence-corrected chi connectivity index (χ3v) is 6.93. The number of fused-ring (bicyclic) bond motifs is 2. The van der Waals surface area contributed by atoms with E-state index in [4.69, 9.17) is 18.9 Å². The molecule has 188 valence electrons. The summed E-state index contributed by atoms with van der Waals surface area (Å²) in [5.74, 6) is -10.6. The number of esters is 4. The van der Waals surface area contributed by atoms with Gasteiger partial charge in [0, 0.05) is 23.7 Å². The number of rotatable bonds is 8. The maximum Gasteiger partial charge on any atom is 0.310 e. The van der Waals surface area contributed by atoms with Gasteiger partial charge in [0.05, 0.1) is 61.5 Å². The molecule has 0 aromatic rings. The van der Waals surface area contributed by atoms with E-state index in [9.17, 15) is 29.6 Å². The summed E-state index contributed by atoms with van der Waals surface area (Å²) in [7, 11) is 0. The Morgan fingerprint density at radius 3 is 0.912 bits per heavy atom. The number of hydrogen-bond donors (Lipinski definition) is 2. The Morgan fingerprint density at radius 2 is 0.765 bits per heavy atom. The summed E-state index contributed by atoms with van der Waals surface area (Å²) in [5, 5.41) is 26.7. The van der Waals surface area contributed by atoms with Crippen molar-refractivity contribution in [3.63, 3.8) is 0 Å². The van der Waals surface area contributed by atoms with E-state index in [-0.39, 0.29) is 37.9 Å². The quantitative estimate of drug-likeness (QED) is 0.219. The van der Waals surface area contributed by atoms with Gasteiger partial charge in [0.15, 0.2) is 0 Å². The second-order valence-electron chi connectivity index (χ2n) is 8.26. The number of oxime groups is 2. The lowest BCUT2D eigenvalue weighted by atomic mass is 9.39. The van der Waals surface area contributed by atoms with E-state index in [1.165, 1.54) is 0 Å². The molecule has 0 unspecified atom stereocenters. The average Bonchev–Trinajstić information content (AvgIpc) is 2.76. The standard InChI is InChI=1S/C22H30N2O10/c1-5-31-19(25)13-9-10(14(13)20(26)32-6-2)18(24-30)12-11(17(9)23-29)15(21(27)33-7-3)16(12)22(28)34-8-4/h9-16,29-30H,5-8H2,1-4H3/t9-,10-,11+,12+,13-,14+,15+,16-. The van der Waals surface area contributed by atoms with Crippen molar-refractivity contribution in [1.29, 1.82) is 0 Å². The fourth-order valence-electron chi connectivity index (χ4n) is 5.81. The highest BCUT2D eigenvalue weighted by molar-refractivity contribution is 6.15. The first-order chi connectivity index (χ1) is 16.3. The predicted molar refractivity (Wildman–Crippen MR) is 113 cm³/mol.